The van der Waals surface area contributed by atoms with Gasteiger partial charge in [-0.15, -0.1) is 23.2 Å². The lowest BCUT2D eigenvalue weighted by atomic mass is 10.1. The number of hydrogen-bond donors (Lipinski definition) is 0. The first-order chi connectivity index (χ1) is 6.67. The summed E-state index contributed by atoms with van der Waals surface area (Å²) < 4.78 is 0.937. The summed E-state index contributed by atoms with van der Waals surface area (Å²) in [5.41, 5.74) is 1.98. The van der Waals surface area contributed by atoms with Crippen LogP contribution >= 0.6 is 39.1 Å². The fraction of sp³-hybridized carbons (Fsp3) is 0.300. The standard InChI is InChI=1S/C10H9BrCl2O/c11-10-4-7(3-9(14)6-13)1-2-8(10)5-12/h1-2,4H,3,5-6H2. The number of rotatable bonds is 4. The quantitative estimate of drug-likeness (QED) is 0.777. The molecule has 0 aliphatic carbocycles. The highest BCUT2D eigenvalue weighted by Crippen LogP contribution is 2.20. The number of carbonyl (C=O) groups is 1. The summed E-state index contributed by atoms with van der Waals surface area (Å²) in [5, 5.41) is 0. The van der Waals surface area contributed by atoms with Gasteiger partial charge in [0.1, 0.15) is 0 Å². The van der Waals surface area contributed by atoms with E-state index >= 15 is 0 Å². The minimum atomic E-state index is 0.0252. The van der Waals surface area contributed by atoms with Crippen molar-refractivity contribution in [1.29, 1.82) is 0 Å². The maximum Gasteiger partial charge on any atom is 0.151 e. The Morgan fingerprint density at radius 1 is 1.36 bits per heavy atom. The zero-order valence-electron chi connectivity index (χ0n) is 7.40. The highest BCUT2D eigenvalue weighted by Gasteiger charge is 2.04. The number of ketones is 1. The van der Waals surface area contributed by atoms with E-state index in [0.717, 1.165) is 15.6 Å². The molecule has 0 saturated heterocycles. The van der Waals surface area contributed by atoms with Crippen molar-refractivity contribution in [1.82, 2.24) is 0 Å². The van der Waals surface area contributed by atoms with Gasteiger partial charge in [0, 0.05) is 16.8 Å². The van der Waals surface area contributed by atoms with Gasteiger partial charge in [-0.3, -0.25) is 4.79 Å². The molecule has 14 heavy (non-hydrogen) atoms. The summed E-state index contributed by atoms with van der Waals surface area (Å²) in [6, 6.07) is 5.71. The number of benzene rings is 1. The summed E-state index contributed by atoms with van der Waals surface area (Å²) in [7, 11) is 0. The molecule has 0 fully saturated rings. The van der Waals surface area contributed by atoms with Crippen LogP contribution in [0.4, 0.5) is 0 Å². The first-order valence-corrected chi connectivity index (χ1v) is 5.94. The Bertz CT molecular complexity index is 339. The topological polar surface area (TPSA) is 17.1 Å². The van der Waals surface area contributed by atoms with Crippen molar-refractivity contribution >= 4 is 44.9 Å². The van der Waals surface area contributed by atoms with Gasteiger partial charge in [0.15, 0.2) is 5.78 Å². The summed E-state index contributed by atoms with van der Waals surface area (Å²) in [5.74, 6) is 0.552. The molecule has 0 saturated carbocycles. The van der Waals surface area contributed by atoms with E-state index in [4.69, 9.17) is 23.2 Å². The molecule has 0 aliphatic rings. The van der Waals surface area contributed by atoms with Gasteiger partial charge in [-0.25, -0.2) is 0 Å². The molecular weight excluding hydrogens is 287 g/mol. The van der Waals surface area contributed by atoms with Crippen LogP contribution in [-0.2, 0) is 17.1 Å². The first kappa shape index (κ1) is 12.0. The molecular formula is C10H9BrCl2O. The molecule has 0 unspecified atom stereocenters. The van der Waals surface area contributed by atoms with Crippen molar-refractivity contribution in [2.75, 3.05) is 5.88 Å². The smallest absolute Gasteiger partial charge is 0.151 e. The second-order valence-electron chi connectivity index (χ2n) is 2.91. The minimum Gasteiger partial charge on any atom is -0.298 e. The van der Waals surface area contributed by atoms with Crippen LogP contribution in [0.5, 0.6) is 0 Å². The van der Waals surface area contributed by atoms with Crippen molar-refractivity contribution in [2.45, 2.75) is 12.3 Å². The van der Waals surface area contributed by atoms with Gasteiger partial charge in [-0.05, 0) is 17.2 Å². The Labute approximate surface area is 102 Å². The van der Waals surface area contributed by atoms with Crippen molar-refractivity contribution in [3.05, 3.63) is 33.8 Å². The third kappa shape index (κ3) is 3.26. The number of carbonyl (C=O) groups excluding carboxylic acids is 1. The maximum atomic E-state index is 11.1. The summed E-state index contributed by atoms with van der Waals surface area (Å²) in [4.78, 5) is 11.1. The lowest BCUT2D eigenvalue weighted by Gasteiger charge is -2.03. The summed E-state index contributed by atoms with van der Waals surface area (Å²) >= 11 is 14.5. The Balaban J connectivity index is 2.81. The van der Waals surface area contributed by atoms with Crippen LogP contribution in [0.15, 0.2) is 22.7 Å². The van der Waals surface area contributed by atoms with E-state index in [0.29, 0.717) is 12.3 Å². The van der Waals surface area contributed by atoms with Gasteiger partial charge in [0.05, 0.1) is 5.88 Å². The predicted octanol–water partition coefficient (Wildman–Crippen LogP) is 3.54. The second kappa shape index (κ2) is 5.74. The second-order valence-corrected chi connectivity index (χ2v) is 4.30. The first-order valence-electron chi connectivity index (χ1n) is 4.08. The normalized spacial score (nSPS) is 10.2. The number of hydrogen-bond acceptors (Lipinski definition) is 1. The van der Waals surface area contributed by atoms with Gasteiger partial charge in [0.25, 0.3) is 0 Å². The van der Waals surface area contributed by atoms with Crippen LogP contribution in [0.2, 0.25) is 0 Å². The SMILES string of the molecule is O=C(CCl)Cc1ccc(CCl)c(Br)c1. The zero-order chi connectivity index (χ0) is 10.6. The van der Waals surface area contributed by atoms with E-state index in [1.165, 1.54) is 0 Å². The van der Waals surface area contributed by atoms with Crippen molar-refractivity contribution in [3.8, 4) is 0 Å². The molecule has 0 aliphatic heterocycles. The Hall–Kier alpha value is -0.0500. The molecule has 1 rings (SSSR count). The van der Waals surface area contributed by atoms with Gasteiger partial charge in [0.2, 0.25) is 0 Å². The molecule has 0 radical (unpaired) electrons. The maximum absolute atomic E-state index is 11.1. The van der Waals surface area contributed by atoms with E-state index in [9.17, 15) is 4.79 Å². The zero-order valence-corrected chi connectivity index (χ0v) is 10.5. The van der Waals surface area contributed by atoms with E-state index in [-0.39, 0.29) is 11.7 Å². The lowest BCUT2D eigenvalue weighted by Crippen LogP contribution is -2.03. The molecule has 4 heteroatoms. The van der Waals surface area contributed by atoms with Crippen LogP contribution in [0.25, 0.3) is 0 Å². The van der Waals surface area contributed by atoms with Crippen LogP contribution in [0, 0.1) is 0 Å². The Morgan fingerprint density at radius 3 is 2.57 bits per heavy atom. The monoisotopic (exact) mass is 294 g/mol. The van der Waals surface area contributed by atoms with Gasteiger partial charge >= 0.3 is 0 Å². The van der Waals surface area contributed by atoms with Crippen LogP contribution in [0.3, 0.4) is 0 Å². The van der Waals surface area contributed by atoms with Gasteiger partial charge in [-0.2, -0.15) is 0 Å². The number of alkyl halides is 2. The van der Waals surface area contributed by atoms with E-state index < -0.39 is 0 Å². The van der Waals surface area contributed by atoms with Gasteiger partial charge in [-0.1, -0.05) is 28.1 Å². The molecule has 1 aromatic rings. The molecule has 0 atom stereocenters. The van der Waals surface area contributed by atoms with E-state index in [2.05, 4.69) is 15.9 Å². The van der Waals surface area contributed by atoms with Crippen molar-refractivity contribution in [3.63, 3.8) is 0 Å². The highest BCUT2D eigenvalue weighted by molar-refractivity contribution is 9.10. The van der Waals surface area contributed by atoms with Crippen molar-refractivity contribution < 1.29 is 4.79 Å². The Morgan fingerprint density at radius 2 is 2.07 bits per heavy atom. The fourth-order valence-electron chi connectivity index (χ4n) is 1.08. The molecule has 1 aromatic carbocycles. The van der Waals surface area contributed by atoms with Crippen molar-refractivity contribution in [2.24, 2.45) is 0 Å². The molecule has 0 amide bonds. The minimum absolute atomic E-state index is 0.0252. The Kier molecular flexibility index (Phi) is 4.93. The number of Topliss-reactive ketones (excluding diaryl/α,β-unsaturated/α-hetero) is 1. The number of halogens is 3. The highest BCUT2D eigenvalue weighted by atomic mass is 79.9. The summed E-state index contributed by atoms with van der Waals surface area (Å²) in [6.45, 7) is 0. The predicted molar refractivity (Wildman–Crippen MR) is 63.1 cm³/mol. The largest absolute Gasteiger partial charge is 0.298 e. The van der Waals surface area contributed by atoms with E-state index in [1.54, 1.807) is 0 Å². The van der Waals surface area contributed by atoms with Crippen LogP contribution < -0.4 is 0 Å². The van der Waals surface area contributed by atoms with E-state index in [1.807, 2.05) is 18.2 Å². The van der Waals surface area contributed by atoms with Crippen LogP contribution in [0.1, 0.15) is 11.1 Å². The van der Waals surface area contributed by atoms with Gasteiger partial charge < -0.3 is 0 Å². The molecule has 76 valence electrons. The molecule has 0 bridgehead atoms. The molecule has 0 N–H and O–H groups in total. The molecule has 0 spiro atoms. The molecule has 0 aromatic heterocycles. The average Bonchev–Trinajstić information content (AvgIpc) is 2.18. The summed E-state index contributed by atoms with van der Waals surface area (Å²) in [6.07, 6.45) is 0.380. The fourth-order valence-corrected chi connectivity index (χ4v) is 2.14. The third-order valence-corrected chi connectivity index (χ3v) is 3.14. The molecule has 1 nitrogen and oxygen atoms in total. The molecule has 0 heterocycles. The average molecular weight is 296 g/mol. The van der Waals surface area contributed by atoms with Crippen LogP contribution in [-0.4, -0.2) is 11.7 Å². The lowest BCUT2D eigenvalue weighted by molar-refractivity contribution is -0.116. The third-order valence-electron chi connectivity index (χ3n) is 1.81.